The molecule has 132 valence electrons. The molecule has 1 atom stereocenters. The Morgan fingerprint density at radius 1 is 1.42 bits per heavy atom. The molecule has 0 amide bonds. The Morgan fingerprint density at radius 2 is 2.23 bits per heavy atom. The van der Waals surface area contributed by atoms with E-state index in [4.69, 9.17) is 11.0 Å². The van der Waals surface area contributed by atoms with Gasteiger partial charge < -0.3 is 5.73 Å². The molecule has 1 aliphatic heterocycles. The summed E-state index contributed by atoms with van der Waals surface area (Å²) < 4.78 is 14.4. The number of nitriles is 1. The highest BCUT2D eigenvalue weighted by Crippen LogP contribution is 2.35. The summed E-state index contributed by atoms with van der Waals surface area (Å²) in [6.45, 7) is 1.85. The maximum atomic E-state index is 14.4. The Hall–Kier alpha value is -2.72. The number of aliphatic imine (C=N–C) groups is 1. The second-order valence-corrected chi connectivity index (χ2v) is 7.31. The lowest BCUT2D eigenvalue weighted by Crippen LogP contribution is -2.34. The molecule has 0 fully saturated rings. The molecule has 5 nitrogen and oxygen atoms in total. The SMILES string of the molecule is C[C@@]1(c2cc(CC(=O)c3ccc(C#N)cn3)ccc2F)CSCC(N)=N1. The number of nitrogens with zero attached hydrogens (tertiary/aromatic N) is 3. The number of thioether (sulfide) groups is 1. The molecule has 2 aromatic rings. The highest BCUT2D eigenvalue weighted by Gasteiger charge is 2.32. The van der Waals surface area contributed by atoms with Gasteiger partial charge in [0.05, 0.1) is 16.9 Å². The summed E-state index contributed by atoms with van der Waals surface area (Å²) in [5.41, 5.74) is 6.88. The number of pyridine rings is 1. The predicted octanol–water partition coefficient (Wildman–Crippen LogP) is 2.84. The fourth-order valence-corrected chi connectivity index (χ4v) is 3.86. The lowest BCUT2D eigenvalue weighted by atomic mass is 9.91. The van der Waals surface area contributed by atoms with Crippen LogP contribution >= 0.6 is 11.8 Å². The van der Waals surface area contributed by atoms with Gasteiger partial charge in [-0.3, -0.25) is 14.8 Å². The number of aromatic nitrogens is 1. The highest BCUT2D eigenvalue weighted by molar-refractivity contribution is 8.00. The van der Waals surface area contributed by atoms with E-state index in [1.54, 1.807) is 30.0 Å². The van der Waals surface area contributed by atoms with Crippen molar-refractivity contribution < 1.29 is 9.18 Å². The van der Waals surface area contributed by atoms with E-state index in [0.717, 1.165) is 0 Å². The minimum absolute atomic E-state index is 0.0919. The molecule has 0 bridgehead atoms. The topological polar surface area (TPSA) is 92.1 Å². The molecule has 1 aliphatic rings. The Bertz CT molecular complexity index is 920. The normalized spacial score (nSPS) is 19.5. The average molecular weight is 368 g/mol. The first-order chi connectivity index (χ1) is 12.4. The van der Waals surface area contributed by atoms with Gasteiger partial charge in [-0.2, -0.15) is 17.0 Å². The Morgan fingerprint density at radius 3 is 2.88 bits per heavy atom. The molecular weight excluding hydrogens is 351 g/mol. The van der Waals surface area contributed by atoms with Crippen LogP contribution in [0, 0.1) is 17.1 Å². The van der Waals surface area contributed by atoms with Crippen molar-refractivity contribution in [3.63, 3.8) is 0 Å². The molecular formula is C19H17FN4OS. The van der Waals surface area contributed by atoms with Crippen molar-refractivity contribution in [3.05, 3.63) is 64.7 Å². The molecule has 0 saturated carbocycles. The smallest absolute Gasteiger partial charge is 0.185 e. The molecule has 0 radical (unpaired) electrons. The summed E-state index contributed by atoms with van der Waals surface area (Å²) in [4.78, 5) is 20.9. The second-order valence-electron chi connectivity index (χ2n) is 6.33. The van der Waals surface area contributed by atoms with E-state index < -0.39 is 5.54 Å². The van der Waals surface area contributed by atoms with Gasteiger partial charge in [0, 0.05) is 23.9 Å². The number of rotatable bonds is 4. The van der Waals surface area contributed by atoms with Gasteiger partial charge in [-0.15, -0.1) is 0 Å². The quantitative estimate of drug-likeness (QED) is 0.838. The number of carbonyl (C=O) groups is 1. The van der Waals surface area contributed by atoms with Crippen LogP contribution in [0.1, 0.15) is 34.1 Å². The zero-order valence-electron chi connectivity index (χ0n) is 14.2. The van der Waals surface area contributed by atoms with E-state index >= 15 is 0 Å². The monoisotopic (exact) mass is 368 g/mol. The van der Waals surface area contributed by atoms with Crippen LogP contribution in [-0.4, -0.2) is 28.1 Å². The number of hydrogen-bond donors (Lipinski definition) is 1. The number of ketones is 1. The van der Waals surface area contributed by atoms with E-state index in [1.807, 2.05) is 13.0 Å². The summed E-state index contributed by atoms with van der Waals surface area (Å²) in [7, 11) is 0. The number of halogens is 1. The molecule has 0 spiro atoms. The van der Waals surface area contributed by atoms with Gasteiger partial charge in [-0.25, -0.2) is 4.39 Å². The first kappa shape index (κ1) is 18.1. The van der Waals surface area contributed by atoms with Crippen molar-refractivity contribution in [2.24, 2.45) is 10.7 Å². The molecule has 0 saturated heterocycles. The maximum absolute atomic E-state index is 14.4. The average Bonchev–Trinajstić information content (AvgIpc) is 2.63. The van der Waals surface area contributed by atoms with Crippen LogP contribution in [0.25, 0.3) is 0 Å². The lowest BCUT2D eigenvalue weighted by molar-refractivity contribution is 0.0988. The predicted molar refractivity (Wildman–Crippen MR) is 99.7 cm³/mol. The minimum atomic E-state index is -0.747. The molecule has 0 aliphatic carbocycles. The Balaban J connectivity index is 1.86. The third kappa shape index (κ3) is 3.75. The van der Waals surface area contributed by atoms with Crippen molar-refractivity contribution in [1.29, 1.82) is 5.26 Å². The molecule has 1 aromatic heterocycles. The standard InChI is InChI=1S/C19H17FN4OS/c1-19(11-26-10-18(22)24-19)14-6-12(2-4-15(14)20)7-17(25)16-5-3-13(8-21)9-23-16/h2-6,9H,7,10-11H2,1H3,(H2,22,24)/t19-/m0/s1. The highest BCUT2D eigenvalue weighted by atomic mass is 32.2. The third-order valence-electron chi connectivity index (χ3n) is 4.18. The molecule has 3 rings (SSSR count). The molecule has 0 unspecified atom stereocenters. The second kappa shape index (κ2) is 7.26. The zero-order chi connectivity index (χ0) is 18.7. The van der Waals surface area contributed by atoms with Crippen molar-refractivity contribution in [2.75, 3.05) is 11.5 Å². The van der Waals surface area contributed by atoms with E-state index in [0.29, 0.717) is 34.0 Å². The van der Waals surface area contributed by atoms with Gasteiger partial charge in [0.2, 0.25) is 0 Å². The fourth-order valence-electron chi connectivity index (χ4n) is 2.87. The van der Waals surface area contributed by atoms with Gasteiger partial charge in [0.25, 0.3) is 0 Å². The third-order valence-corrected chi connectivity index (χ3v) is 5.44. The van der Waals surface area contributed by atoms with Gasteiger partial charge >= 0.3 is 0 Å². The molecule has 26 heavy (non-hydrogen) atoms. The van der Waals surface area contributed by atoms with Gasteiger partial charge in [-0.05, 0) is 36.8 Å². The number of hydrogen-bond acceptors (Lipinski definition) is 6. The van der Waals surface area contributed by atoms with Crippen LogP contribution < -0.4 is 5.73 Å². The molecule has 7 heteroatoms. The number of benzene rings is 1. The van der Waals surface area contributed by atoms with Crippen LogP contribution in [0.5, 0.6) is 0 Å². The van der Waals surface area contributed by atoms with Crippen LogP contribution in [0.4, 0.5) is 4.39 Å². The fraction of sp³-hybridized carbons (Fsp3) is 0.263. The van der Waals surface area contributed by atoms with Crippen LogP contribution in [-0.2, 0) is 12.0 Å². The van der Waals surface area contributed by atoms with E-state index in [1.165, 1.54) is 18.3 Å². The summed E-state index contributed by atoms with van der Waals surface area (Å²) in [6.07, 6.45) is 1.45. The maximum Gasteiger partial charge on any atom is 0.185 e. The molecule has 1 aromatic carbocycles. The summed E-state index contributed by atoms with van der Waals surface area (Å²) >= 11 is 1.61. The number of carbonyl (C=O) groups excluding carboxylic acids is 1. The van der Waals surface area contributed by atoms with Crippen LogP contribution in [0.2, 0.25) is 0 Å². The van der Waals surface area contributed by atoms with E-state index in [-0.39, 0.29) is 23.7 Å². The van der Waals surface area contributed by atoms with Gasteiger partial charge in [-0.1, -0.05) is 6.07 Å². The number of Topliss-reactive ketones (excluding diaryl/α,β-unsaturated/α-hetero) is 1. The van der Waals surface area contributed by atoms with Gasteiger partial charge in [0.15, 0.2) is 5.78 Å². The van der Waals surface area contributed by atoms with E-state index in [9.17, 15) is 9.18 Å². The molecule has 2 heterocycles. The van der Waals surface area contributed by atoms with Crippen LogP contribution in [0.15, 0.2) is 41.5 Å². The van der Waals surface area contributed by atoms with E-state index in [2.05, 4.69) is 9.98 Å². The number of amidine groups is 1. The summed E-state index contributed by atoms with van der Waals surface area (Å²) in [5, 5.41) is 8.79. The minimum Gasteiger partial charge on any atom is -0.387 e. The first-order valence-corrected chi connectivity index (χ1v) is 9.17. The summed E-state index contributed by atoms with van der Waals surface area (Å²) in [5.74, 6) is 1.20. The van der Waals surface area contributed by atoms with Crippen molar-refractivity contribution >= 4 is 23.4 Å². The largest absolute Gasteiger partial charge is 0.387 e. The Kier molecular flexibility index (Phi) is 5.05. The van der Waals surface area contributed by atoms with Crippen molar-refractivity contribution in [3.8, 4) is 6.07 Å². The van der Waals surface area contributed by atoms with Crippen molar-refractivity contribution in [2.45, 2.75) is 18.9 Å². The number of nitrogens with two attached hydrogens (primary N) is 1. The van der Waals surface area contributed by atoms with Crippen LogP contribution in [0.3, 0.4) is 0 Å². The lowest BCUT2D eigenvalue weighted by Gasteiger charge is -2.30. The molecule has 2 N–H and O–H groups in total. The first-order valence-electron chi connectivity index (χ1n) is 8.01. The van der Waals surface area contributed by atoms with Gasteiger partial charge in [0.1, 0.15) is 23.4 Å². The Labute approximate surface area is 155 Å². The zero-order valence-corrected chi connectivity index (χ0v) is 15.0. The van der Waals surface area contributed by atoms with Crippen molar-refractivity contribution in [1.82, 2.24) is 4.98 Å². The summed E-state index contributed by atoms with van der Waals surface area (Å²) in [6, 6.07) is 9.67.